The average Bonchev–Trinajstić information content (AvgIpc) is 3.11. The van der Waals surface area contributed by atoms with Crippen LogP contribution in [0.25, 0.3) is 22.2 Å². The zero-order valence-corrected chi connectivity index (χ0v) is 16.0. The van der Waals surface area contributed by atoms with E-state index in [4.69, 9.17) is 10.8 Å². The second-order valence-electron chi connectivity index (χ2n) is 6.72. The van der Waals surface area contributed by atoms with Gasteiger partial charge in [-0.05, 0) is 30.3 Å². The Balaban J connectivity index is 1.80. The van der Waals surface area contributed by atoms with Crippen LogP contribution >= 0.6 is 0 Å². The van der Waals surface area contributed by atoms with E-state index in [1.54, 1.807) is 7.05 Å². The van der Waals surface area contributed by atoms with Gasteiger partial charge < -0.3 is 0 Å². The number of carbonyl (C=O) groups excluding carboxylic acids is 1. The van der Waals surface area contributed by atoms with Crippen molar-refractivity contribution in [3.05, 3.63) is 71.4 Å². The summed E-state index contributed by atoms with van der Waals surface area (Å²) >= 11 is 0. The molecule has 156 valence electrons. The van der Waals surface area contributed by atoms with Crippen molar-refractivity contribution < 1.29 is 18.0 Å². The highest BCUT2D eigenvalue weighted by molar-refractivity contribution is 5.90. The van der Waals surface area contributed by atoms with Gasteiger partial charge in [0.25, 0.3) is 0 Å². The van der Waals surface area contributed by atoms with E-state index in [9.17, 15) is 9.18 Å². The van der Waals surface area contributed by atoms with Gasteiger partial charge in [0.2, 0.25) is 0 Å². The molecule has 4 rings (SSSR count). The van der Waals surface area contributed by atoms with Gasteiger partial charge in [-0.3, -0.25) is 25.3 Å². The molecule has 0 aliphatic heterocycles. The van der Waals surface area contributed by atoms with E-state index in [2.05, 4.69) is 15.2 Å². The van der Waals surface area contributed by atoms with Gasteiger partial charge in [-0.2, -0.15) is 23.7 Å². The van der Waals surface area contributed by atoms with Gasteiger partial charge >= 0.3 is 5.92 Å². The maximum Gasteiger partial charge on any atom is 0.334 e. The molecule has 0 aliphatic rings. The fraction of sp³-hybridized carbons (Fsp3) is 0.100. The molecule has 0 atom stereocenters. The van der Waals surface area contributed by atoms with Gasteiger partial charge in [-0.1, -0.05) is 0 Å². The number of aryl methyl sites for hydroxylation is 1. The number of nitrogens with zero attached hydrogens (tertiary/aromatic N) is 5. The van der Waals surface area contributed by atoms with Crippen molar-refractivity contribution in [2.24, 2.45) is 7.05 Å². The summed E-state index contributed by atoms with van der Waals surface area (Å²) in [6, 6.07) is 7.26. The minimum atomic E-state index is -4.09. The summed E-state index contributed by atoms with van der Waals surface area (Å²) in [7, 11) is 1.57. The second-order valence-corrected chi connectivity index (χ2v) is 6.72. The normalized spacial score (nSPS) is 11.6. The van der Waals surface area contributed by atoms with E-state index < -0.39 is 28.6 Å². The summed E-state index contributed by atoms with van der Waals surface area (Å²) in [5.41, 5.74) is -0.711. The first-order valence-corrected chi connectivity index (χ1v) is 8.88. The quantitative estimate of drug-likeness (QED) is 0.297. The molecule has 0 saturated carbocycles. The van der Waals surface area contributed by atoms with Crippen LogP contribution in [0.1, 0.15) is 16.1 Å². The lowest BCUT2D eigenvalue weighted by molar-refractivity contribution is 0.0656. The topological polar surface area (TPSA) is 113 Å². The predicted molar refractivity (Wildman–Crippen MR) is 104 cm³/mol. The second kappa shape index (κ2) is 7.27. The molecule has 1 aromatic carbocycles. The van der Waals surface area contributed by atoms with Gasteiger partial charge in [0.15, 0.2) is 12.1 Å². The molecule has 0 spiro atoms. The number of hydrogen-bond donors (Lipinski definition) is 2. The van der Waals surface area contributed by atoms with Crippen molar-refractivity contribution in [3.8, 4) is 11.3 Å². The fourth-order valence-corrected chi connectivity index (χ4v) is 3.09. The Labute approximate surface area is 172 Å². The molecule has 0 bridgehead atoms. The largest absolute Gasteiger partial charge is 0.334 e. The van der Waals surface area contributed by atoms with E-state index in [0.29, 0.717) is 16.5 Å². The summed E-state index contributed by atoms with van der Waals surface area (Å²) < 4.78 is 46.6. The summed E-state index contributed by atoms with van der Waals surface area (Å²) in [6.45, 7) is 0. The highest BCUT2D eigenvalue weighted by atomic mass is 19.3. The number of rotatable bonds is 4. The Kier molecular flexibility index (Phi) is 4.72. The summed E-state index contributed by atoms with van der Waals surface area (Å²) in [4.78, 5) is 14.8. The molecule has 31 heavy (non-hydrogen) atoms. The molecule has 0 unspecified atom stereocenters. The van der Waals surface area contributed by atoms with Crippen LogP contribution in [0.5, 0.6) is 0 Å². The summed E-state index contributed by atoms with van der Waals surface area (Å²) in [5, 5.41) is 24.2. The molecule has 8 nitrogen and oxygen atoms in total. The van der Waals surface area contributed by atoms with Crippen LogP contribution in [0.4, 0.5) is 13.2 Å². The Bertz CT molecular complexity index is 1410. The predicted octanol–water partition coefficient (Wildman–Crippen LogP) is 2.88. The van der Waals surface area contributed by atoms with E-state index in [0.717, 1.165) is 12.1 Å². The summed E-state index contributed by atoms with van der Waals surface area (Å²) in [5.74, 6) is -6.72. The minimum Gasteiger partial charge on any atom is -0.296 e. The lowest BCUT2D eigenvalue weighted by Crippen LogP contribution is -2.40. The molecule has 0 saturated heterocycles. The smallest absolute Gasteiger partial charge is 0.296 e. The molecule has 0 radical (unpaired) electrons. The first kappa shape index (κ1) is 20.1. The Morgan fingerprint density at radius 2 is 1.94 bits per heavy atom. The van der Waals surface area contributed by atoms with Crippen LogP contribution in [0.3, 0.4) is 0 Å². The van der Waals surface area contributed by atoms with Gasteiger partial charge in [0.1, 0.15) is 17.0 Å². The van der Waals surface area contributed by atoms with Crippen molar-refractivity contribution in [3.63, 3.8) is 0 Å². The number of pyridine rings is 1. The monoisotopic (exact) mass is 425 g/mol. The van der Waals surface area contributed by atoms with Crippen molar-refractivity contribution in [2.75, 3.05) is 0 Å². The molecular weight excluding hydrogens is 411 g/mol. The van der Waals surface area contributed by atoms with E-state index in [1.165, 1.54) is 41.3 Å². The van der Waals surface area contributed by atoms with Crippen molar-refractivity contribution in [2.45, 2.75) is 5.92 Å². The molecule has 0 aliphatic carbocycles. The third kappa shape index (κ3) is 3.50. The van der Waals surface area contributed by atoms with Crippen LogP contribution in [0.2, 0.25) is 0 Å². The SMILES string of the molecule is Cn1cc2cc(C(F)(F)C(=N)n3nc(-c4ccnc(C=O)c4)ccc3=N)c(F)cc2n1. The van der Waals surface area contributed by atoms with Crippen LogP contribution < -0.4 is 5.49 Å². The Morgan fingerprint density at radius 3 is 2.68 bits per heavy atom. The molecule has 0 amide bonds. The first-order chi connectivity index (χ1) is 14.7. The molecule has 3 heterocycles. The molecule has 4 aromatic rings. The number of benzene rings is 1. The number of hydrogen-bond acceptors (Lipinski definition) is 6. The highest BCUT2D eigenvalue weighted by Gasteiger charge is 2.42. The van der Waals surface area contributed by atoms with Gasteiger partial charge in [-0.15, -0.1) is 0 Å². The fourth-order valence-electron chi connectivity index (χ4n) is 3.09. The van der Waals surface area contributed by atoms with Crippen LogP contribution in [0, 0.1) is 16.6 Å². The number of fused-ring (bicyclic) bond motifs is 1. The number of aromatic nitrogens is 5. The Hall–Kier alpha value is -4.15. The molecule has 0 fully saturated rings. The zero-order chi connectivity index (χ0) is 22.3. The Morgan fingerprint density at radius 1 is 1.16 bits per heavy atom. The van der Waals surface area contributed by atoms with Crippen molar-refractivity contribution in [1.29, 1.82) is 10.8 Å². The average molecular weight is 425 g/mol. The molecule has 2 N–H and O–H groups in total. The number of carbonyl (C=O) groups is 1. The van der Waals surface area contributed by atoms with Crippen molar-refractivity contribution >= 4 is 23.0 Å². The van der Waals surface area contributed by atoms with Gasteiger partial charge in [-0.25, -0.2) is 4.39 Å². The maximum atomic E-state index is 15.2. The number of halogens is 3. The minimum absolute atomic E-state index is 0.105. The summed E-state index contributed by atoms with van der Waals surface area (Å²) in [6.07, 6.45) is 3.32. The first-order valence-electron chi connectivity index (χ1n) is 8.88. The third-order valence-corrected chi connectivity index (χ3v) is 4.59. The van der Waals surface area contributed by atoms with E-state index in [1.807, 2.05) is 0 Å². The molecular formula is C20H14F3N7O. The number of aldehydes is 1. The maximum absolute atomic E-state index is 15.2. The standard InChI is InChI=1S/C20H14F3N7O/c1-29-9-12-7-14(15(21)8-17(12)27-29)20(22,23)19(25)30-18(24)3-2-16(28-30)11-4-5-26-13(6-11)10-31/h2-10,24-25H,1H3. The van der Waals surface area contributed by atoms with Crippen molar-refractivity contribution in [1.82, 2.24) is 24.5 Å². The highest BCUT2D eigenvalue weighted by Crippen LogP contribution is 2.33. The van der Waals surface area contributed by atoms with E-state index in [-0.39, 0.29) is 22.3 Å². The van der Waals surface area contributed by atoms with E-state index >= 15 is 8.78 Å². The molecule has 3 aromatic heterocycles. The van der Waals surface area contributed by atoms with Crippen LogP contribution in [0.15, 0.2) is 48.8 Å². The lowest BCUT2D eigenvalue weighted by Gasteiger charge is -2.20. The van der Waals surface area contributed by atoms with Gasteiger partial charge in [0.05, 0.1) is 16.8 Å². The van der Waals surface area contributed by atoms with Gasteiger partial charge in [0, 0.05) is 36.5 Å². The lowest BCUT2D eigenvalue weighted by atomic mass is 10.0. The number of alkyl halides is 2. The third-order valence-electron chi connectivity index (χ3n) is 4.59. The zero-order valence-electron chi connectivity index (χ0n) is 16.0. The van der Waals surface area contributed by atoms with Crippen LogP contribution in [-0.2, 0) is 13.0 Å². The molecule has 11 heteroatoms. The van der Waals surface area contributed by atoms with Crippen LogP contribution in [-0.4, -0.2) is 36.7 Å². The number of nitrogens with one attached hydrogen (secondary N) is 2.